The minimum atomic E-state index is -0.0917. The lowest BCUT2D eigenvalue weighted by atomic mass is 10.0. The highest BCUT2D eigenvalue weighted by molar-refractivity contribution is 5.95. The molecule has 0 saturated heterocycles. The lowest BCUT2D eigenvalue weighted by Gasteiger charge is -2.16. The fourth-order valence-corrected chi connectivity index (χ4v) is 2.26. The summed E-state index contributed by atoms with van der Waals surface area (Å²) in [6.45, 7) is 4.03. The number of carbonyl (C=O) groups excluding carboxylic acids is 1. The van der Waals surface area contributed by atoms with E-state index in [0.29, 0.717) is 5.56 Å². The summed E-state index contributed by atoms with van der Waals surface area (Å²) in [5.74, 6) is -0.0917. The van der Waals surface area contributed by atoms with E-state index in [4.69, 9.17) is 0 Å². The van der Waals surface area contributed by atoms with E-state index in [9.17, 15) is 4.79 Å². The molecule has 0 spiro atoms. The van der Waals surface area contributed by atoms with E-state index < -0.39 is 0 Å². The number of hydrogen-bond acceptors (Lipinski definition) is 3. The Hall–Kier alpha value is -2.62. The Morgan fingerprint density at radius 1 is 1.18 bits per heavy atom. The molecule has 0 heterocycles. The molecule has 0 aliphatic carbocycles. The normalized spacial score (nSPS) is 12.1. The first-order valence-corrected chi connectivity index (χ1v) is 7.15. The Labute approximate surface area is 130 Å². The average molecular weight is 296 g/mol. The number of hydrogen-bond donors (Lipinski definition) is 1. The molecule has 1 atom stereocenters. The van der Waals surface area contributed by atoms with Crippen LogP contribution in [-0.4, -0.2) is 19.2 Å². The minimum absolute atomic E-state index is 0.0385. The quantitative estimate of drug-likeness (QED) is 0.678. The Balaban J connectivity index is 2.06. The third kappa shape index (κ3) is 3.95. The second-order valence-electron chi connectivity index (χ2n) is 5.09. The number of rotatable bonds is 5. The van der Waals surface area contributed by atoms with Crippen molar-refractivity contribution in [2.75, 3.05) is 7.11 Å². The number of benzene rings is 2. The van der Waals surface area contributed by atoms with Crippen molar-refractivity contribution in [2.45, 2.75) is 19.9 Å². The molecule has 0 radical (unpaired) electrons. The second-order valence-corrected chi connectivity index (χ2v) is 5.09. The Morgan fingerprint density at radius 3 is 2.50 bits per heavy atom. The summed E-state index contributed by atoms with van der Waals surface area (Å²) >= 11 is 0. The van der Waals surface area contributed by atoms with Gasteiger partial charge < -0.3 is 10.2 Å². The van der Waals surface area contributed by atoms with Crippen LogP contribution in [0.3, 0.4) is 0 Å². The summed E-state index contributed by atoms with van der Waals surface area (Å²) in [5.41, 5.74) is 3.79. The van der Waals surface area contributed by atoms with Crippen LogP contribution in [-0.2, 0) is 4.84 Å². The predicted octanol–water partition coefficient (Wildman–Crippen LogP) is 3.47. The Morgan fingerprint density at radius 2 is 1.86 bits per heavy atom. The maximum atomic E-state index is 12.3. The number of nitrogens with zero attached hydrogens (tertiary/aromatic N) is 1. The van der Waals surface area contributed by atoms with Crippen molar-refractivity contribution in [3.63, 3.8) is 0 Å². The first kappa shape index (κ1) is 15.8. The van der Waals surface area contributed by atoms with Gasteiger partial charge in [0, 0.05) is 5.56 Å². The number of amides is 1. The molecule has 4 heteroatoms. The molecule has 1 N–H and O–H groups in total. The monoisotopic (exact) mass is 296 g/mol. The number of oxime groups is 1. The highest BCUT2D eigenvalue weighted by Crippen LogP contribution is 2.17. The molecule has 22 heavy (non-hydrogen) atoms. The van der Waals surface area contributed by atoms with Gasteiger partial charge in [-0.25, -0.2) is 0 Å². The van der Waals surface area contributed by atoms with Crippen LogP contribution in [0.5, 0.6) is 0 Å². The van der Waals surface area contributed by atoms with E-state index in [1.165, 1.54) is 12.7 Å². The van der Waals surface area contributed by atoms with Crippen LogP contribution in [0.4, 0.5) is 0 Å². The van der Waals surface area contributed by atoms with Crippen molar-refractivity contribution in [1.29, 1.82) is 0 Å². The van der Waals surface area contributed by atoms with Crippen molar-refractivity contribution >= 4 is 12.1 Å². The molecule has 2 rings (SSSR count). The highest BCUT2D eigenvalue weighted by Gasteiger charge is 2.12. The summed E-state index contributed by atoms with van der Waals surface area (Å²) in [7, 11) is 1.49. The molecule has 0 bridgehead atoms. The lowest BCUT2D eigenvalue weighted by Crippen LogP contribution is -2.27. The van der Waals surface area contributed by atoms with Gasteiger partial charge in [-0.15, -0.1) is 0 Å². The van der Waals surface area contributed by atoms with Gasteiger partial charge in [0.05, 0.1) is 12.3 Å². The maximum Gasteiger partial charge on any atom is 0.251 e. The van der Waals surface area contributed by atoms with E-state index in [-0.39, 0.29) is 11.9 Å². The highest BCUT2D eigenvalue weighted by atomic mass is 16.6. The van der Waals surface area contributed by atoms with Gasteiger partial charge in [0.15, 0.2) is 0 Å². The molecular weight excluding hydrogens is 276 g/mol. The van der Waals surface area contributed by atoms with Gasteiger partial charge in [0.2, 0.25) is 0 Å². The first-order chi connectivity index (χ1) is 10.6. The minimum Gasteiger partial charge on any atom is -0.399 e. The van der Waals surface area contributed by atoms with Crippen LogP contribution < -0.4 is 5.32 Å². The summed E-state index contributed by atoms with van der Waals surface area (Å²) in [5, 5.41) is 6.71. The van der Waals surface area contributed by atoms with Gasteiger partial charge in [-0.05, 0) is 42.7 Å². The molecule has 0 fully saturated rings. The van der Waals surface area contributed by atoms with E-state index in [0.717, 1.165) is 11.1 Å². The number of aryl methyl sites for hydroxylation is 1. The SMILES string of the molecule is CO/N=C/c1ccc(C(=O)NC(C)c2ccccc2C)cc1. The molecule has 0 aromatic heterocycles. The van der Waals surface area contributed by atoms with E-state index in [1.54, 1.807) is 18.3 Å². The number of carbonyl (C=O) groups is 1. The smallest absolute Gasteiger partial charge is 0.251 e. The van der Waals surface area contributed by atoms with Crippen LogP contribution in [0, 0.1) is 6.92 Å². The van der Waals surface area contributed by atoms with Gasteiger partial charge in [0.25, 0.3) is 5.91 Å². The predicted molar refractivity (Wildman–Crippen MR) is 88.1 cm³/mol. The molecule has 114 valence electrons. The van der Waals surface area contributed by atoms with Gasteiger partial charge in [-0.1, -0.05) is 41.6 Å². The van der Waals surface area contributed by atoms with Crippen LogP contribution in [0.25, 0.3) is 0 Å². The summed E-state index contributed by atoms with van der Waals surface area (Å²) in [6.07, 6.45) is 1.59. The van der Waals surface area contributed by atoms with Crippen molar-refractivity contribution in [2.24, 2.45) is 5.16 Å². The molecule has 0 aliphatic rings. The van der Waals surface area contributed by atoms with Crippen LogP contribution in [0.1, 0.15) is 40.0 Å². The van der Waals surface area contributed by atoms with Crippen molar-refractivity contribution in [3.05, 3.63) is 70.8 Å². The largest absolute Gasteiger partial charge is 0.399 e. The topological polar surface area (TPSA) is 50.7 Å². The molecule has 0 aliphatic heterocycles. The fourth-order valence-electron chi connectivity index (χ4n) is 2.26. The summed E-state index contributed by atoms with van der Waals surface area (Å²) in [4.78, 5) is 16.9. The molecule has 4 nitrogen and oxygen atoms in total. The third-order valence-electron chi connectivity index (χ3n) is 3.48. The van der Waals surface area contributed by atoms with Crippen molar-refractivity contribution in [3.8, 4) is 0 Å². The molecule has 2 aromatic rings. The standard InChI is InChI=1S/C18H20N2O2/c1-13-6-4-5-7-17(13)14(2)20-18(21)16-10-8-15(9-11-16)12-19-22-3/h4-12,14H,1-3H3,(H,20,21)/b19-12+. The molecule has 0 saturated carbocycles. The third-order valence-corrected chi connectivity index (χ3v) is 3.48. The van der Waals surface area contributed by atoms with E-state index in [2.05, 4.69) is 15.3 Å². The molecule has 2 aromatic carbocycles. The maximum absolute atomic E-state index is 12.3. The zero-order chi connectivity index (χ0) is 15.9. The van der Waals surface area contributed by atoms with E-state index >= 15 is 0 Å². The van der Waals surface area contributed by atoms with Gasteiger partial charge in [-0.3, -0.25) is 4.79 Å². The fraction of sp³-hybridized carbons (Fsp3) is 0.222. The van der Waals surface area contributed by atoms with Gasteiger partial charge >= 0.3 is 0 Å². The number of nitrogens with one attached hydrogen (secondary N) is 1. The Kier molecular flexibility index (Phi) is 5.31. The first-order valence-electron chi connectivity index (χ1n) is 7.15. The lowest BCUT2D eigenvalue weighted by molar-refractivity contribution is 0.0940. The molecule has 1 unspecified atom stereocenters. The van der Waals surface area contributed by atoms with Crippen molar-refractivity contribution in [1.82, 2.24) is 5.32 Å². The molecule has 1 amide bonds. The zero-order valence-corrected chi connectivity index (χ0v) is 13.0. The van der Waals surface area contributed by atoms with Crippen LogP contribution in [0.2, 0.25) is 0 Å². The van der Waals surface area contributed by atoms with Gasteiger partial charge in [0.1, 0.15) is 7.11 Å². The second kappa shape index (κ2) is 7.41. The average Bonchev–Trinajstić information content (AvgIpc) is 2.53. The van der Waals surface area contributed by atoms with Crippen LogP contribution in [0.15, 0.2) is 53.7 Å². The van der Waals surface area contributed by atoms with Crippen LogP contribution >= 0.6 is 0 Å². The zero-order valence-electron chi connectivity index (χ0n) is 13.0. The van der Waals surface area contributed by atoms with E-state index in [1.807, 2.05) is 50.2 Å². The summed E-state index contributed by atoms with van der Waals surface area (Å²) in [6, 6.07) is 15.2. The Bertz CT molecular complexity index is 663. The summed E-state index contributed by atoms with van der Waals surface area (Å²) < 4.78 is 0. The molecular formula is C18H20N2O2. The van der Waals surface area contributed by atoms with Crippen molar-refractivity contribution < 1.29 is 9.63 Å². The van der Waals surface area contributed by atoms with Gasteiger partial charge in [-0.2, -0.15) is 0 Å².